The summed E-state index contributed by atoms with van der Waals surface area (Å²) in [5.74, 6) is 0.609. The highest BCUT2D eigenvalue weighted by molar-refractivity contribution is 6.31. The molecule has 0 saturated carbocycles. The largest absolute Gasteiger partial charge is 0.488 e. The fraction of sp³-hybridized carbons (Fsp3) is 0.115. The summed E-state index contributed by atoms with van der Waals surface area (Å²) >= 11 is 6.09. The van der Waals surface area contributed by atoms with Gasteiger partial charge in [-0.1, -0.05) is 35.9 Å². The normalized spacial score (nSPS) is 14.1. The molecule has 4 nitrogen and oxygen atoms in total. The molecular formula is C26H19ClFNO3. The van der Waals surface area contributed by atoms with Crippen LogP contribution >= 0.6 is 11.6 Å². The van der Waals surface area contributed by atoms with E-state index in [0.29, 0.717) is 27.6 Å². The Labute approximate surface area is 189 Å². The van der Waals surface area contributed by atoms with Gasteiger partial charge >= 0.3 is 0 Å². The topological polar surface area (TPSA) is 40.5 Å². The van der Waals surface area contributed by atoms with E-state index in [0.717, 1.165) is 16.5 Å². The molecule has 0 radical (unpaired) electrons. The predicted molar refractivity (Wildman–Crippen MR) is 123 cm³/mol. The first-order valence-electron chi connectivity index (χ1n) is 10.1. The predicted octanol–water partition coefficient (Wildman–Crippen LogP) is 6.47. The number of aryl methyl sites for hydroxylation is 1. The summed E-state index contributed by atoms with van der Waals surface area (Å²) < 4.78 is 27.9. The van der Waals surface area contributed by atoms with Gasteiger partial charge in [0.15, 0.2) is 5.76 Å². The molecule has 0 spiro atoms. The number of nitrogens with zero attached hydrogens (tertiary/aromatic N) is 1. The SMILES string of the molecule is Cc1c(OCc2c(F)cccc2Cl)ccc2c1O/C(=C/c1cn(C)c3ccccc13)C2=O. The molecule has 4 aromatic rings. The maximum atomic E-state index is 14.1. The third kappa shape index (κ3) is 3.35. The molecule has 1 aliphatic rings. The number of Topliss-reactive ketones (excluding diaryl/α,β-unsaturated/α-hetero) is 1. The molecule has 0 atom stereocenters. The Hall–Kier alpha value is -3.57. The van der Waals surface area contributed by atoms with E-state index in [4.69, 9.17) is 21.1 Å². The van der Waals surface area contributed by atoms with Crippen molar-refractivity contribution in [2.24, 2.45) is 7.05 Å². The molecule has 1 aliphatic heterocycles. The quantitative estimate of drug-likeness (QED) is 0.336. The second-order valence-electron chi connectivity index (χ2n) is 7.71. The number of hydrogen-bond acceptors (Lipinski definition) is 3. The zero-order valence-electron chi connectivity index (χ0n) is 17.5. The standard InChI is InChI=1S/C26H19ClFNO3/c1-15-23(31-14-19-20(27)7-5-8-21(19)28)11-10-18-25(30)24(32-26(15)18)12-16-13-29(2)22-9-4-3-6-17(16)22/h3-13H,14H2,1-2H3/b24-12+. The average molecular weight is 448 g/mol. The summed E-state index contributed by atoms with van der Waals surface area (Å²) in [4.78, 5) is 13.0. The van der Waals surface area contributed by atoms with Gasteiger partial charge < -0.3 is 14.0 Å². The lowest BCUT2D eigenvalue weighted by atomic mass is 10.1. The number of benzene rings is 3. The first-order chi connectivity index (χ1) is 15.4. The second-order valence-corrected chi connectivity index (χ2v) is 8.11. The van der Waals surface area contributed by atoms with Crippen LogP contribution in [-0.2, 0) is 13.7 Å². The van der Waals surface area contributed by atoms with Gasteiger partial charge in [0.2, 0.25) is 5.78 Å². The summed E-state index contributed by atoms with van der Waals surface area (Å²) in [7, 11) is 1.96. The van der Waals surface area contributed by atoms with Crippen molar-refractivity contribution in [1.29, 1.82) is 0 Å². The van der Waals surface area contributed by atoms with Crippen molar-refractivity contribution in [2.75, 3.05) is 0 Å². The molecule has 3 aromatic carbocycles. The molecule has 0 bridgehead atoms. The summed E-state index contributed by atoms with van der Waals surface area (Å²) in [6, 6.07) is 15.9. The van der Waals surface area contributed by atoms with Gasteiger partial charge in [0.05, 0.1) is 10.6 Å². The molecule has 0 unspecified atom stereocenters. The molecule has 0 fully saturated rings. The molecule has 5 rings (SSSR count). The lowest BCUT2D eigenvalue weighted by molar-refractivity contribution is 0.101. The van der Waals surface area contributed by atoms with Crippen LogP contribution in [0.15, 0.2) is 66.6 Å². The van der Waals surface area contributed by atoms with E-state index in [1.54, 1.807) is 30.3 Å². The van der Waals surface area contributed by atoms with E-state index in [1.807, 2.05) is 49.0 Å². The fourth-order valence-corrected chi connectivity index (χ4v) is 4.19. The highest BCUT2D eigenvalue weighted by Crippen LogP contribution is 2.40. The van der Waals surface area contributed by atoms with Crippen molar-refractivity contribution in [3.05, 3.63) is 99.6 Å². The van der Waals surface area contributed by atoms with Gasteiger partial charge in [-0.15, -0.1) is 0 Å². The molecule has 0 amide bonds. The van der Waals surface area contributed by atoms with E-state index in [1.165, 1.54) is 6.07 Å². The summed E-state index contributed by atoms with van der Waals surface area (Å²) in [6.07, 6.45) is 3.74. The number of para-hydroxylation sites is 1. The Morgan fingerprint density at radius 1 is 1.12 bits per heavy atom. The van der Waals surface area contributed by atoms with Crippen LogP contribution < -0.4 is 9.47 Å². The number of ketones is 1. The minimum absolute atomic E-state index is 0.0300. The number of fused-ring (bicyclic) bond motifs is 2. The summed E-state index contributed by atoms with van der Waals surface area (Å²) in [6.45, 7) is 1.78. The number of rotatable bonds is 4. The average Bonchev–Trinajstić information content (AvgIpc) is 3.27. The monoisotopic (exact) mass is 447 g/mol. The van der Waals surface area contributed by atoms with Crippen molar-refractivity contribution in [3.63, 3.8) is 0 Å². The van der Waals surface area contributed by atoms with E-state index in [9.17, 15) is 9.18 Å². The molecular weight excluding hydrogens is 429 g/mol. The number of hydrogen-bond donors (Lipinski definition) is 0. The van der Waals surface area contributed by atoms with Crippen LogP contribution in [0.1, 0.15) is 27.0 Å². The Balaban J connectivity index is 1.45. The smallest absolute Gasteiger partial charge is 0.231 e. The van der Waals surface area contributed by atoms with Crippen molar-refractivity contribution >= 4 is 34.4 Å². The van der Waals surface area contributed by atoms with Gasteiger partial charge in [-0.2, -0.15) is 0 Å². The number of halogens is 2. The summed E-state index contributed by atoms with van der Waals surface area (Å²) in [5.41, 5.74) is 3.40. The van der Waals surface area contributed by atoms with Crippen LogP contribution in [0.4, 0.5) is 4.39 Å². The molecule has 0 saturated heterocycles. The molecule has 6 heteroatoms. The third-order valence-electron chi connectivity index (χ3n) is 5.68. The van der Waals surface area contributed by atoms with E-state index in [2.05, 4.69) is 0 Å². The number of ether oxygens (including phenoxy) is 2. The van der Waals surface area contributed by atoms with Crippen LogP contribution in [0.2, 0.25) is 5.02 Å². The molecule has 2 heterocycles. The van der Waals surface area contributed by atoms with Crippen molar-refractivity contribution in [1.82, 2.24) is 4.57 Å². The Morgan fingerprint density at radius 3 is 2.75 bits per heavy atom. The molecule has 1 aromatic heterocycles. The first-order valence-corrected chi connectivity index (χ1v) is 10.5. The maximum Gasteiger partial charge on any atom is 0.231 e. The maximum absolute atomic E-state index is 14.1. The minimum atomic E-state index is -0.428. The zero-order chi connectivity index (χ0) is 22.4. The van der Waals surface area contributed by atoms with Gasteiger partial charge in [-0.3, -0.25) is 4.79 Å². The zero-order valence-corrected chi connectivity index (χ0v) is 18.2. The molecule has 0 aliphatic carbocycles. The van der Waals surface area contributed by atoms with Gasteiger partial charge in [-0.05, 0) is 43.3 Å². The van der Waals surface area contributed by atoms with Crippen LogP contribution in [0.5, 0.6) is 11.5 Å². The highest BCUT2D eigenvalue weighted by atomic mass is 35.5. The van der Waals surface area contributed by atoms with Crippen molar-refractivity contribution in [2.45, 2.75) is 13.5 Å². The van der Waals surface area contributed by atoms with Gasteiger partial charge in [-0.25, -0.2) is 4.39 Å². The molecule has 0 N–H and O–H groups in total. The minimum Gasteiger partial charge on any atom is -0.488 e. The third-order valence-corrected chi connectivity index (χ3v) is 6.04. The second kappa shape index (κ2) is 7.84. The van der Waals surface area contributed by atoms with Crippen molar-refractivity contribution < 1.29 is 18.7 Å². The van der Waals surface area contributed by atoms with Crippen LogP contribution in [0, 0.1) is 12.7 Å². The van der Waals surface area contributed by atoms with Gasteiger partial charge in [0.1, 0.15) is 23.9 Å². The number of carbonyl (C=O) groups is 1. The molecule has 32 heavy (non-hydrogen) atoms. The highest BCUT2D eigenvalue weighted by Gasteiger charge is 2.30. The van der Waals surface area contributed by atoms with E-state index in [-0.39, 0.29) is 23.7 Å². The van der Waals surface area contributed by atoms with E-state index < -0.39 is 5.82 Å². The van der Waals surface area contributed by atoms with Crippen molar-refractivity contribution in [3.8, 4) is 11.5 Å². The number of aromatic nitrogens is 1. The Kier molecular flexibility index (Phi) is 4.98. The van der Waals surface area contributed by atoms with Crippen LogP contribution in [0.25, 0.3) is 17.0 Å². The lowest BCUT2D eigenvalue weighted by Gasteiger charge is -2.12. The molecule has 160 valence electrons. The summed E-state index contributed by atoms with van der Waals surface area (Å²) in [5, 5.41) is 1.34. The van der Waals surface area contributed by atoms with E-state index >= 15 is 0 Å². The van der Waals surface area contributed by atoms with Crippen LogP contribution in [-0.4, -0.2) is 10.4 Å². The Bertz CT molecular complexity index is 1400. The Morgan fingerprint density at radius 2 is 1.94 bits per heavy atom. The van der Waals surface area contributed by atoms with Crippen LogP contribution in [0.3, 0.4) is 0 Å². The fourth-order valence-electron chi connectivity index (χ4n) is 3.97. The lowest BCUT2D eigenvalue weighted by Crippen LogP contribution is -2.01. The van der Waals surface area contributed by atoms with Gasteiger partial charge in [0.25, 0.3) is 0 Å². The number of carbonyl (C=O) groups excluding carboxylic acids is 1. The van der Waals surface area contributed by atoms with Gasteiger partial charge in [0, 0.05) is 40.8 Å². The number of allylic oxidation sites excluding steroid dienone is 1. The first kappa shape index (κ1) is 20.3.